The molecule has 3 N–H and O–H groups in total. The van der Waals surface area contributed by atoms with Gasteiger partial charge in [0.05, 0.1) is 12.2 Å². The summed E-state index contributed by atoms with van der Waals surface area (Å²) in [6.45, 7) is 1.06. The average molecular weight is 289 g/mol. The summed E-state index contributed by atoms with van der Waals surface area (Å²) in [4.78, 5) is 10.7. The number of nitrogens with one attached hydrogen (secondary N) is 1. The number of aliphatic hydroxyl groups is 1. The van der Waals surface area contributed by atoms with E-state index in [0.29, 0.717) is 18.7 Å². The van der Waals surface area contributed by atoms with Crippen LogP contribution in [0.5, 0.6) is 0 Å². The summed E-state index contributed by atoms with van der Waals surface area (Å²) in [6, 6.07) is 11.6. The minimum atomic E-state index is -1.27. The molecule has 0 radical (unpaired) electrons. The molecule has 2 rings (SSSR count). The summed E-state index contributed by atoms with van der Waals surface area (Å²) in [5.74, 6) is -2.00. The zero-order valence-corrected chi connectivity index (χ0v) is 11.3. The van der Waals surface area contributed by atoms with Crippen molar-refractivity contribution in [2.75, 3.05) is 0 Å². The second-order valence-corrected chi connectivity index (χ2v) is 4.70. The molecule has 0 unspecified atom stereocenters. The molecule has 0 atom stereocenters. The lowest BCUT2D eigenvalue weighted by Gasteiger charge is -2.07. The van der Waals surface area contributed by atoms with E-state index in [1.165, 1.54) is 12.1 Å². The highest BCUT2D eigenvalue weighted by Crippen LogP contribution is 2.11. The summed E-state index contributed by atoms with van der Waals surface area (Å²) in [7, 11) is 0. The third-order valence-electron chi connectivity index (χ3n) is 3.13. The summed E-state index contributed by atoms with van der Waals surface area (Å²) in [5.41, 5.74) is 2.27. The number of carboxylic acid groups (broad SMARTS) is 1. The van der Waals surface area contributed by atoms with Crippen molar-refractivity contribution in [3.63, 3.8) is 0 Å². The molecule has 2 aromatic carbocycles. The minimum Gasteiger partial charge on any atom is -0.478 e. The Labute approximate surface area is 121 Å². The highest BCUT2D eigenvalue weighted by molar-refractivity contribution is 5.87. The Kier molecular flexibility index (Phi) is 5.03. The third-order valence-corrected chi connectivity index (χ3v) is 3.13. The van der Waals surface area contributed by atoms with Crippen molar-refractivity contribution in [2.45, 2.75) is 19.7 Å². The summed E-state index contributed by atoms with van der Waals surface area (Å²) >= 11 is 0. The van der Waals surface area contributed by atoms with E-state index in [0.717, 1.165) is 11.1 Å². The molecule has 0 aliphatic rings. The maximum Gasteiger partial charge on any atom is 0.338 e. The Morgan fingerprint density at radius 3 is 2.14 bits per heavy atom. The first kappa shape index (κ1) is 15.2. The monoisotopic (exact) mass is 289 g/mol. The van der Waals surface area contributed by atoms with Crippen LogP contribution in [0, 0.1) is 5.82 Å². The zero-order chi connectivity index (χ0) is 15.2. The van der Waals surface area contributed by atoms with Crippen LogP contribution < -0.4 is 5.32 Å². The molecule has 0 heterocycles. The molecule has 0 bridgehead atoms. The van der Waals surface area contributed by atoms with E-state index in [2.05, 4.69) is 5.32 Å². The lowest BCUT2D eigenvalue weighted by atomic mass is 10.1. The van der Waals surface area contributed by atoms with E-state index in [1.807, 2.05) is 24.3 Å². The van der Waals surface area contributed by atoms with Gasteiger partial charge in [0.2, 0.25) is 0 Å². The van der Waals surface area contributed by atoms with Gasteiger partial charge in [0, 0.05) is 13.1 Å². The molecule has 0 aromatic heterocycles. The van der Waals surface area contributed by atoms with Gasteiger partial charge < -0.3 is 15.5 Å². The fourth-order valence-corrected chi connectivity index (χ4v) is 1.96. The standard InChI is InChI=1S/C16H16FNO3/c17-15-7-13(5-6-14(15)16(20)21)9-18-8-11-1-3-12(10-19)4-2-11/h1-7,18-19H,8-10H2,(H,20,21). The van der Waals surface area contributed by atoms with Crippen LogP contribution in [0.2, 0.25) is 0 Å². The van der Waals surface area contributed by atoms with Crippen LogP contribution in [-0.4, -0.2) is 16.2 Å². The molecule has 21 heavy (non-hydrogen) atoms. The predicted molar refractivity (Wildman–Crippen MR) is 76.3 cm³/mol. The number of aromatic carboxylic acids is 1. The first-order valence-corrected chi connectivity index (χ1v) is 6.51. The van der Waals surface area contributed by atoms with Crippen molar-refractivity contribution in [3.05, 3.63) is 70.5 Å². The number of benzene rings is 2. The Bertz CT molecular complexity index is 626. The van der Waals surface area contributed by atoms with Crippen molar-refractivity contribution >= 4 is 5.97 Å². The van der Waals surface area contributed by atoms with Gasteiger partial charge >= 0.3 is 5.97 Å². The van der Waals surface area contributed by atoms with Crippen LogP contribution in [-0.2, 0) is 19.7 Å². The number of hydrogen-bond donors (Lipinski definition) is 3. The van der Waals surface area contributed by atoms with Gasteiger partial charge in [0.1, 0.15) is 5.82 Å². The lowest BCUT2D eigenvalue weighted by molar-refractivity contribution is 0.0692. The normalized spacial score (nSPS) is 10.6. The highest BCUT2D eigenvalue weighted by atomic mass is 19.1. The van der Waals surface area contributed by atoms with Crippen LogP contribution >= 0.6 is 0 Å². The zero-order valence-electron chi connectivity index (χ0n) is 11.3. The van der Waals surface area contributed by atoms with Crippen molar-refractivity contribution in [1.82, 2.24) is 5.32 Å². The second kappa shape index (κ2) is 6.97. The SMILES string of the molecule is O=C(O)c1ccc(CNCc2ccc(CO)cc2)cc1F. The summed E-state index contributed by atoms with van der Waals surface area (Å²) in [6.07, 6.45) is 0. The van der Waals surface area contributed by atoms with Gasteiger partial charge in [-0.05, 0) is 28.8 Å². The van der Waals surface area contributed by atoms with Crippen LogP contribution in [0.3, 0.4) is 0 Å². The highest BCUT2D eigenvalue weighted by Gasteiger charge is 2.09. The van der Waals surface area contributed by atoms with E-state index in [4.69, 9.17) is 10.2 Å². The van der Waals surface area contributed by atoms with E-state index >= 15 is 0 Å². The van der Waals surface area contributed by atoms with Crippen LogP contribution in [0.1, 0.15) is 27.0 Å². The quantitative estimate of drug-likeness (QED) is 0.763. The molecular weight excluding hydrogens is 273 g/mol. The third kappa shape index (κ3) is 4.11. The maximum absolute atomic E-state index is 13.5. The van der Waals surface area contributed by atoms with E-state index < -0.39 is 11.8 Å². The molecule has 2 aromatic rings. The number of hydrogen-bond acceptors (Lipinski definition) is 3. The Balaban J connectivity index is 1.91. The average Bonchev–Trinajstić information content (AvgIpc) is 2.47. The Morgan fingerprint density at radius 1 is 1.00 bits per heavy atom. The van der Waals surface area contributed by atoms with Gasteiger partial charge in [-0.2, -0.15) is 0 Å². The first-order valence-electron chi connectivity index (χ1n) is 6.51. The second-order valence-electron chi connectivity index (χ2n) is 4.70. The van der Waals surface area contributed by atoms with Crippen molar-refractivity contribution in [1.29, 1.82) is 0 Å². The number of rotatable bonds is 6. The molecular formula is C16H16FNO3. The molecule has 0 aliphatic carbocycles. The van der Waals surface area contributed by atoms with Gasteiger partial charge in [-0.1, -0.05) is 30.3 Å². The molecule has 0 spiro atoms. The largest absolute Gasteiger partial charge is 0.478 e. The fraction of sp³-hybridized carbons (Fsp3) is 0.188. The van der Waals surface area contributed by atoms with Crippen LogP contribution in [0.25, 0.3) is 0 Å². The van der Waals surface area contributed by atoms with Gasteiger partial charge in [-0.15, -0.1) is 0 Å². The van der Waals surface area contributed by atoms with Gasteiger partial charge in [-0.3, -0.25) is 0 Å². The Morgan fingerprint density at radius 2 is 1.57 bits per heavy atom. The first-order chi connectivity index (χ1) is 10.1. The molecule has 0 saturated heterocycles. The molecule has 4 nitrogen and oxygen atoms in total. The lowest BCUT2D eigenvalue weighted by Crippen LogP contribution is -2.13. The van der Waals surface area contributed by atoms with E-state index in [1.54, 1.807) is 6.07 Å². The summed E-state index contributed by atoms with van der Waals surface area (Å²) < 4.78 is 13.5. The molecule has 0 saturated carbocycles. The van der Waals surface area contributed by atoms with Crippen LogP contribution in [0.4, 0.5) is 4.39 Å². The predicted octanol–water partition coefficient (Wildman–Crippen LogP) is 2.31. The maximum atomic E-state index is 13.5. The topological polar surface area (TPSA) is 69.6 Å². The Hall–Kier alpha value is -2.24. The van der Waals surface area contributed by atoms with E-state index in [9.17, 15) is 9.18 Å². The summed E-state index contributed by atoms with van der Waals surface area (Å²) in [5, 5.41) is 20.9. The number of halogens is 1. The van der Waals surface area contributed by atoms with Gasteiger partial charge in [-0.25, -0.2) is 9.18 Å². The number of aliphatic hydroxyl groups excluding tert-OH is 1. The van der Waals surface area contributed by atoms with Crippen LogP contribution in [0.15, 0.2) is 42.5 Å². The molecule has 0 amide bonds. The van der Waals surface area contributed by atoms with Crippen molar-refractivity contribution in [3.8, 4) is 0 Å². The van der Waals surface area contributed by atoms with Gasteiger partial charge in [0.15, 0.2) is 0 Å². The van der Waals surface area contributed by atoms with Crippen molar-refractivity contribution in [2.24, 2.45) is 0 Å². The molecule has 5 heteroatoms. The number of carbonyl (C=O) groups is 1. The molecule has 110 valence electrons. The van der Waals surface area contributed by atoms with Gasteiger partial charge in [0.25, 0.3) is 0 Å². The minimum absolute atomic E-state index is 0.0168. The molecule has 0 aliphatic heterocycles. The fourth-order valence-electron chi connectivity index (χ4n) is 1.96. The number of carboxylic acids is 1. The van der Waals surface area contributed by atoms with Crippen molar-refractivity contribution < 1.29 is 19.4 Å². The van der Waals surface area contributed by atoms with E-state index in [-0.39, 0.29) is 12.2 Å². The molecule has 0 fully saturated rings. The smallest absolute Gasteiger partial charge is 0.338 e.